The standard InChI is InChI=1S/C16H15N3O4/c1-22-15-6-4-3-5-11(15)10-18-14-8-7-12(19(20)21)9-13(14)16(17-18)23-2/h3-9H,10H2,1-2H3. The molecule has 2 aromatic carbocycles. The molecule has 3 rings (SSSR count). The van der Waals surface area contributed by atoms with E-state index in [1.165, 1.54) is 19.2 Å². The van der Waals surface area contributed by atoms with Gasteiger partial charge in [-0.3, -0.25) is 14.8 Å². The molecule has 1 heterocycles. The zero-order valence-electron chi connectivity index (χ0n) is 12.7. The van der Waals surface area contributed by atoms with Crippen molar-refractivity contribution in [2.75, 3.05) is 14.2 Å². The van der Waals surface area contributed by atoms with Crippen molar-refractivity contribution in [1.82, 2.24) is 9.78 Å². The summed E-state index contributed by atoms with van der Waals surface area (Å²) >= 11 is 0. The number of benzene rings is 2. The number of fused-ring (bicyclic) bond motifs is 1. The van der Waals surface area contributed by atoms with Gasteiger partial charge in [-0.2, -0.15) is 0 Å². The fourth-order valence-electron chi connectivity index (χ4n) is 2.52. The van der Waals surface area contributed by atoms with E-state index in [0.29, 0.717) is 17.8 Å². The molecule has 0 unspecified atom stereocenters. The van der Waals surface area contributed by atoms with Gasteiger partial charge in [0.15, 0.2) is 0 Å². The average molecular weight is 313 g/mol. The van der Waals surface area contributed by atoms with Crippen molar-refractivity contribution in [2.45, 2.75) is 6.54 Å². The van der Waals surface area contributed by atoms with Crippen LogP contribution in [0.4, 0.5) is 5.69 Å². The number of nitro groups is 1. The van der Waals surface area contributed by atoms with Crippen molar-refractivity contribution in [3.05, 3.63) is 58.1 Å². The molecule has 23 heavy (non-hydrogen) atoms. The van der Waals surface area contributed by atoms with Crippen LogP contribution in [0.5, 0.6) is 11.6 Å². The number of non-ortho nitro benzene ring substituents is 1. The van der Waals surface area contributed by atoms with Crippen LogP contribution < -0.4 is 9.47 Å². The summed E-state index contributed by atoms with van der Waals surface area (Å²) in [6, 6.07) is 12.3. The van der Waals surface area contributed by atoms with Crippen LogP contribution in [0.3, 0.4) is 0 Å². The first-order valence-corrected chi connectivity index (χ1v) is 6.95. The van der Waals surface area contributed by atoms with E-state index < -0.39 is 4.92 Å². The van der Waals surface area contributed by atoms with Crippen LogP contribution >= 0.6 is 0 Å². The van der Waals surface area contributed by atoms with Crippen molar-refractivity contribution in [3.8, 4) is 11.6 Å². The molecule has 0 bridgehead atoms. The molecule has 3 aromatic rings. The summed E-state index contributed by atoms with van der Waals surface area (Å²) in [5.74, 6) is 1.12. The normalized spacial score (nSPS) is 10.7. The molecule has 0 aliphatic heterocycles. The van der Waals surface area contributed by atoms with Crippen LogP contribution in [0.15, 0.2) is 42.5 Å². The summed E-state index contributed by atoms with van der Waals surface area (Å²) in [5.41, 5.74) is 1.73. The number of nitrogens with zero attached hydrogens (tertiary/aromatic N) is 3. The maximum atomic E-state index is 10.9. The van der Waals surface area contributed by atoms with Gasteiger partial charge in [-0.25, -0.2) is 0 Å². The Hall–Kier alpha value is -3.09. The van der Waals surface area contributed by atoms with Crippen LogP contribution in [0.2, 0.25) is 0 Å². The largest absolute Gasteiger partial charge is 0.496 e. The number of nitro benzene ring substituents is 1. The molecule has 0 fully saturated rings. The zero-order valence-corrected chi connectivity index (χ0v) is 12.7. The van der Waals surface area contributed by atoms with Crippen LogP contribution in [-0.2, 0) is 6.54 Å². The Morgan fingerprint density at radius 2 is 1.96 bits per heavy atom. The van der Waals surface area contributed by atoms with Gasteiger partial charge in [-0.15, -0.1) is 5.10 Å². The van der Waals surface area contributed by atoms with Gasteiger partial charge in [0.2, 0.25) is 5.88 Å². The Morgan fingerprint density at radius 3 is 2.65 bits per heavy atom. The second-order valence-electron chi connectivity index (χ2n) is 4.94. The zero-order chi connectivity index (χ0) is 16.4. The highest BCUT2D eigenvalue weighted by molar-refractivity contribution is 5.86. The van der Waals surface area contributed by atoms with Crippen molar-refractivity contribution >= 4 is 16.6 Å². The molecule has 0 N–H and O–H groups in total. The third-order valence-electron chi connectivity index (χ3n) is 3.62. The van der Waals surface area contributed by atoms with Gasteiger partial charge in [0, 0.05) is 17.7 Å². The maximum absolute atomic E-state index is 10.9. The lowest BCUT2D eigenvalue weighted by Gasteiger charge is -2.08. The summed E-state index contributed by atoms with van der Waals surface area (Å²) in [6.07, 6.45) is 0. The van der Waals surface area contributed by atoms with E-state index >= 15 is 0 Å². The van der Waals surface area contributed by atoms with E-state index in [-0.39, 0.29) is 5.69 Å². The van der Waals surface area contributed by atoms with E-state index in [1.807, 2.05) is 24.3 Å². The first kappa shape index (κ1) is 14.8. The van der Waals surface area contributed by atoms with Gasteiger partial charge in [0.25, 0.3) is 5.69 Å². The molecule has 118 valence electrons. The highest BCUT2D eigenvalue weighted by Gasteiger charge is 2.16. The SMILES string of the molecule is COc1ccccc1Cn1nc(OC)c2cc([N+](=O)[O-])ccc21. The Balaban J connectivity index is 2.09. The summed E-state index contributed by atoms with van der Waals surface area (Å²) in [5, 5.41) is 15.9. The lowest BCUT2D eigenvalue weighted by Crippen LogP contribution is -2.03. The summed E-state index contributed by atoms with van der Waals surface area (Å²) in [7, 11) is 3.11. The van der Waals surface area contributed by atoms with Gasteiger partial charge in [0.05, 0.1) is 36.6 Å². The van der Waals surface area contributed by atoms with Crippen molar-refractivity contribution < 1.29 is 14.4 Å². The van der Waals surface area contributed by atoms with Gasteiger partial charge >= 0.3 is 0 Å². The first-order valence-electron chi connectivity index (χ1n) is 6.95. The van der Waals surface area contributed by atoms with Crippen LogP contribution in [-0.4, -0.2) is 28.9 Å². The predicted molar refractivity (Wildman–Crippen MR) is 85.0 cm³/mol. The molecule has 0 atom stereocenters. The number of hydrogen-bond acceptors (Lipinski definition) is 5. The monoisotopic (exact) mass is 313 g/mol. The van der Waals surface area contributed by atoms with Crippen LogP contribution in [0.25, 0.3) is 10.9 Å². The third-order valence-corrected chi connectivity index (χ3v) is 3.62. The fraction of sp³-hybridized carbons (Fsp3) is 0.188. The van der Waals surface area contributed by atoms with Gasteiger partial charge in [-0.1, -0.05) is 18.2 Å². The lowest BCUT2D eigenvalue weighted by molar-refractivity contribution is -0.384. The molecule has 0 saturated carbocycles. The first-order chi connectivity index (χ1) is 11.1. The topological polar surface area (TPSA) is 79.4 Å². The third kappa shape index (κ3) is 2.68. The average Bonchev–Trinajstić information content (AvgIpc) is 2.92. The smallest absolute Gasteiger partial charge is 0.270 e. The number of para-hydroxylation sites is 1. The predicted octanol–water partition coefficient (Wildman–Crippen LogP) is 3.01. The van der Waals surface area contributed by atoms with Gasteiger partial charge in [-0.05, 0) is 12.1 Å². The van der Waals surface area contributed by atoms with E-state index in [4.69, 9.17) is 9.47 Å². The molecule has 7 heteroatoms. The molecule has 1 aromatic heterocycles. The van der Waals surface area contributed by atoms with Gasteiger partial charge in [0.1, 0.15) is 5.75 Å². The fourth-order valence-corrected chi connectivity index (χ4v) is 2.52. The maximum Gasteiger partial charge on any atom is 0.270 e. The van der Waals surface area contributed by atoms with E-state index in [9.17, 15) is 10.1 Å². The highest BCUT2D eigenvalue weighted by atomic mass is 16.6. The second kappa shape index (κ2) is 5.96. The van der Waals surface area contributed by atoms with E-state index in [2.05, 4.69) is 5.10 Å². The van der Waals surface area contributed by atoms with Gasteiger partial charge < -0.3 is 9.47 Å². The Kier molecular flexibility index (Phi) is 3.84. The highest BCUT2D eigenvalue weighted by Crippen LogP contribution is 2.30. The van der Waals surface area contributed by atoms with Crippen molar-refractivity contribution in [2.24, 2.45) is 0 Å². The van der Waals surface area contributed by atoms with Crippen LogP contribution in [0, 0.1) is 10.1 Å². The summed E-state index contributed by atoms with van der Waals surface area (Å²) in [4.78, 5) is 10.5. The minimum absolute atomic E-state index is 0.00708. The molecule has 0 aliphatic carbocycles. The quantitative estimate of drug-likeness (QED) is 0.534. The molecule has 7 nitrogen and oxygen atoms in total. The molecule has 0 spiro atoms. The number of rotatable bonds is 5. The molecule has 0 saturated heterocycles. The summed E-state index contributed by atoms with van der Waals surface area (Å²) < 4.78 is 12.3. The number of methoxy groups -OCH3 is 2. The van der Waals surface area contributed by atoms with E-state index in [0.717, 1.165) is 16.8 Å². The van der Waals surface area contributed by atoms with Crippen LogP contribution in [0.1, 0.15) is 5.56 Å². The van der Waals surface area contributed by atoms with Crippen molar-refractivity contribution in [1.29, 1.82) is 0 Å². The van der Waals surface area contributed by atoms with Crippen molar-refractivity contribution in [3.63, 3.8) is 0 Å². The number of aromatic nitrogens is 2. The Labute approximate surface area is 132 Å². The molecule has 0 amide bonds. The minimum atomic E-state index is -0.434. The second-order valence-corrected chi connectivity index (χ2v) is 4.94. The molecular weight excluding hydrogens is 298 g/mol. The number of hydrogen-bond donors (Lipinski definition) is 0. The Morgan fingerprint density at radius 1 is 1.17 bits per heavy atom. The molecule has 0 radical (unpaired) electrons. The van der Waals surface area contributed by atoms with E-state index in [1.54, 1.807) is 17.9 Å². The number of ether oxygens (including phenoxy) is 2. The minimum Gasteiger partial charge on any atom is -0.496 e. The Bertz CT molecular complexity index is 873. The molecular formula is C16H15N3O4. The summed E-state index contributed by atoms with van der Waals surface area (Å²) in [6.45, 7) is 0.474. The molecule has 0 aliphatic rings. The lowest BCUT2D eigenvalue weighted by atomic mass is 10.2.